The van der Waals surface area contributed by atoms with Crippen LogP contribution in [0.2, 0.25) is 0 Å². The van der Waals surface area contributed by atoms with Crippen molar-refractivity contribution in [2.75, 3.05) is 6.26 Å². The normalized spacial score (nSPS) is 12.0. The Bertz CT molecular complexity index is 612. The van der Waals surface area contributed by atoms with E-state index in [2.05, 4.69) is 27.5 Å². The van der Waals surface area contributed by atoms with Crippen LogP contribution in [0.5, 0.6) is 0 Å². The van der Waals surface area contributed by atoms with Crippen molar-refractivity contribution < 1.29 is 4.79 Å². The number of carbonyl (C=O) groups excluding carboxylic acids is 1. The molecule has 1 atom stereocenters. The van der Waals surface area contributed by atoms with Gasteiger partial charge in [-0.1, -0.05) is 40.2 Å². The van der Waals surface area contributed by atoms with Gasteiger partial charge in [0.05, 0.1) is 6.04 Å². The predicted molar refractivity (Wildman–Crippen MR) is 93.7 cm³/mol. The zero-order valence-electron chi connectivity index (χ0n) is 12.1. The molecule has 0 aromatic heterocycles. The second-order valence-electron chi connectivity index (χ2n) is 4.88. The van der Waals surface area contributed by atoms with Crippen LogP contribution in [-0.2, 0) is 5.75 Å². The van der Waals surface area contributed by atoms with Crippen molar-refractivity contribution in [1.82, 2.24) is 5.32 Å². The SMILES string of the molecule is CSCc1cccc(C(=O)NC(C)c2ccc(Br)cc2)c1. The molecular formula is C17H18BrNOS. The minimum atomic E-state index is -0.0339. The lowest BCUT2D eigenvalue weighted by atomic mass is 10.1. The van der Waals surface area contributed by atoms with Crippen LogP contribution in [0.15, 0.2) is 53.0 Å². The molecule has 21 heavy (non-hydrogen) atoms. The largest absolute Gasteiger partial charge is 0.346 e. The summed E-state index contributed by atoms with van der Waals surface area (Å²) < 4.78 is 1.04. The summed E-state index contributed by atoms with van der Waals surface area (Å²) in [4.78, 5) is 12.3. The van der Waals surface area contributed by atoms with Crippen molar-refractivity contribution in [3.05, 3.63) is 69.7 Å². The minimum Gasteiger partial charge on any atom is -0.346 e. The van der Waals surface area contributed by atoms with E-state index in [1.54, 1.807) is 11.8 Å². The van der Waals surface area contributed by atoms with E-state index in [-0.39, 0.29) is 11.9 Å². The molecule has 4 heteroatoms. The molecule has 110 valence electrons. The molecule has 0 spiro atoms. The highest BCUT2D eigenvalue weighted by molar-refractivity contribution is 9.10. The highest BCUT2D eigenvalue weighted by Crippen LogP contribution is 2.17. The number of carbonyl (C=O) groups is 1. The van der Waals surface area contributed by atoms with Crippen molar-refractivity contribution >= 4 is 33.6 Å². The summed E-state index contributed by atoms with van der Waals surface area (Å²) in [5, 5.41) is 3.04. The summed E-state index contributed by atoms with van der Waals surface area (Å²) in [6.07, 6.45) is 2.06. The lowest BCUT2D eigenvalue weighted by Crippen LogP contribution is -2.26. The Hall–Kier alpha value is -1.26. The van der Waals surface area contributed by atoms with E-state index in [1.165, 1.54) is 5.56 Å². The number of nitrogens with one attached hydrogen (secondary N) is 1. The molecule has 2 nitrogen and oxygen atoms in total. The van der Waals surface area contributed by atoms with Gasteiger partial charge in [0.15, 0.2) is 0 Å². The topological polar surface area (TPSA) is 29.1 Å². The van der Waals surface area contributed by atoms with Crippen LogP contribution < -0.4 is 5.32 Å². The summed E-state index contributed by atoms with van der Waals surface area (Å²) >= 11 is 5.17. The Morgan fingerprint density at radius 1 is 1.24 bits per heavy atom. The van der Waals surface area contributed by atoms with E-state index in [0.29, 0.717) is 5.56 Å². The standard InChI is InChI=1S/C17H18BrNOS/c1-12(14-6-8-16(18)9-7-14)19-17(20)15-5-3-4-13(10-15)11-21-2/h3-10,12H,11H2,1-2H3,(H,19,20). The summed E-state index contributed by atoms with van der Waals surface area (Å²) in [6, 6.07) is 15.8. The first-order valence-corrected chi connectivity index (χ1v) is 8.93. The average Bonchev–Trinajstić information content (AvgIpc) is 2.48. The number of benzene rings is 2. The molecule has 1 N–H and O–H groups in total. The van der Waals surface area contributed by atoms with Gasteiger partial charge in [0.25, 0.3) is 5.91 Å². The van der Waals surface area contributed by atoms with Gasteiger partial charge in [0.1, 0.15) is 0 Å². The van der Waals surface area contributed by atoms with Gasteiger partial charge >= 0.3 is 0 Å². The zero-order valence-corrected chi connectivity index (χ0v) is 14.5. The first kappa shape index (κ1) is 16.1. The van der Waals surface area contributed by atoms with E-state index in [1.807, 2.05) is 55.5 Å². The number of rotatable bonds is 5. The molecule has 2 aromatic rings. The van der Waals surface area contributed by atoms with Crippen LogP contribution in [0, 0.1) is 0 Å². The first-order valence-electron chi connectivity index (χ1n) is 6.74. The number of amides is 1. The van der Waals surface area contributed by atoms with Crippen LogP contribution in [0.1, 0.15) is 34.5 Å². The van der Waals surface area contributed by atoms with Gasteiger partial charge < -0.3 is 5.32 Å². The molecule has 0 fully saturated rings. The fourth-order valence-corrected chi connectivity index (χ4v) is 2.86. The summed E-state index contributed by atoms with van der Waals surface area (Å²) in [5.41, 5.74) is 2.98. The molecule has 0 aliphatic carbocycles. The Balaban J connectivity index is 2.06. The molecular weight excluding hydrogens is 346 g/mol. The molecule has 0 bridgehead atoms. The quantitative estimate of drug-likeness (QED) is 0.826. The smallest absolute Gasteiger partial charge is 0.251 e. The Morgan fingerprint density at radius 2 is 1.95 bits per heavy atom. The summed E-state index contributed by atoms with van der Waals surface area (Å²) in [5.74, 6) is 0.886. The Kier molecular flexibility index (Phi) is 5.88. The average molecular weight is 364 g/mol. The molecule has 0 radical (unpaired) electrons. The van der Waals surface area contributed by atoms with Gasteiger partial charge in [-0.3, -0.25) is 4.79 Å². The molecule has 2 aromatic carbocycles. The van der Waals surface area contributed by atoms with E-state index in [9.17, 15) is 4.79 Å². The van der Waals surface area contributed by atoms with Gasteiger partial charge in [-0.05, 0) is 48.6 Å². The van der Waals surface area contributed by atoms with Crippen molar-refractivity contribution in [2.45, 2.75) is 18.7 Å². The highest BCUT2D eigenvalue weighted by atomic mass is 79.9. The Morgan fingerprint density at radius 3 is 2.62 bits per heavy atom. The molecule has 1 amide bonds. The van der Waals surface area contributed by atoms with Crippen molar-refractivity contribution in [1.29, 1.82) is 0 Å². The monoisotopic (exact) mass is 363 g/mol. The molecule has 0 heterocycles. The molecule has 0 aliphatic rings. The van der Waals surface area contributed by atoms with Crippen LogP contribution in [0.25, 0.3) is 0 Å². The van der Waals surface area contributed by atoms with Crippen LogP contribution in [0.4, 0.5) is 0 Å². The lowest BCUT2D eigenvalue weighted by Gasteiger charge is -2.15. The summed E-state index contributed by atoms with van der Waals surface area (Å²) in [7, 11) is 0. The van der Waals surface area contributed by atoms with E-state index >= 15 is 0 Å². The van der Waals surface area contributed by atoms with Gasteiger partial charge in [-0.2, -0.15) is 11.8 Å². The molecule has 0 saturated heterocycles. The minimum absolute atomic E-state index is 0.0187. The molecule has 2 rings (SSSR count). The van der Waals surface area contributed by atoms with Gasteiger partial charge in [0, 0.05) is 15.8 Å². The van der Waals surface area contributed by atoms with Crippen LogP contribution >= 0.6 is 27.7 Å². The van der Waals surface area contributed by atoms with E-state index in [4.69, 9.17) is 0 Å². The maximum absolute atomic E-state index is 12.3. The molecule has 0 aliphatic heterocycles. The highest BCUT2D eigenvalue weighted by Gasteiger charge is 2.11. The van der Waals surface area contributed by atoms with Crippen molar-refractivity contribution in [3.8, 4) is 0 Å². The number of halogens is 1. The molecule has 0 saturated carbocycles. The fourth-order valence-electron chi connectivity index (χ4n) is 2.08. The van der Waals surface area contributed by atoms with Crippen molar-refractivity contribution in [3.63, 3.8) is 0 Å². The number of hydrogen-bond donors (Lipinski definition) is 1. The second-order valence-corrected chi connectivity index (χ2v) is 6.66. The third-order valence-corrected chi connectivity index (χ3v) is 4.37. The third kappa shape index (κ3) is 4.61. The van der Waals surface area contributed by atoms with Gasteiger partial charge in [-0.25, -0.2) is 0 Å². The van der Waals surface area contributed by atoms with Crippen molar-refractivity contribution in [2.24, 2.45) is 0 Å². The first-order chi connectivity index (χ1) is 10.1. The predicted octanol–water partition coefficient (Wildman–Crippen LogP) is 4.80. The van der Waals surface area contributed by atoms with Gasteiger partial charge in [0.2, 0.25) is 0 Å². The fraction of sp³-hybridized carbons (Fsp3) is 0.235. The maximum Gasteiger partial charge on any atom is 0.251 e. The van der Waals surface area contributed by atoms with Gasteiger partial charge in [-0.15, -0.1) is 0 Å². The third-order valence-electron chi connectivity index (χ3n) is 3.22. The van der Waals surface area contributed by atoms with E-state index in [0.717, 1.165) is 15.8 Å². The van der Waals surface area contributed by atoms with Crippen LogP contribution in [0.3, 0.4) is 0 Å². The van der Waals surface area contributed by atoms with E-state index < -0.39 is 0 Å². The second kappa shape index (κ2) is 7.66. The lowest BCUT2D eigenvalue weighted by molar-refractivity contribution is 0.0940. The Labute approximate surface area is 138 Å². The number of thioether (sulfide) groups is 1. The van der Waals surface area contributed by atoms with Crippen LogP contribution in [-0.4, -0.2) is 12.2 Å². The summed E-state index contributed by atoms with van der Waals surface area (Å²) in [6.45, 7) is 1.99. The molecule has 1 unspecified atom stereocenters. The number of hydrogen-bond acceptors (Lipinski definition) is 2. The zero-order chi connectivity index (χ0) is 15.2. The maximum atomic E-state index is 12.3.